The van der Waals surface area contributed by atoms with Gasteiger partial charge in [-0.1, -0.05) is 18.2 Å². The second kappa shape index (κ2) is 7.68. The van der Waals surface area contributed by atoms with E-state index < -0.39 is 5.97 Å². The third kappa shape index (κ3) is 5.36. The van der Waals surface area contributed by atoms with Gasteiger partial charge in [0.1, 0.15) is 0 Å². The largest absolute Gasteiger partial charge is 0.481 e. The monoisotopic (exact) mass is 237 g/mol. The van der Waals surface area contributed by atoms with Gasteiger partial charge in [-0.3, -0.25) is 4.79 Å². The number of nitrogens with zero attached hydrogens (tertiary/aromatic N) is 1. The third-order valence-electron chi connectivity index (χ3n) is 2.47. The van der Waals surface area contributed by atoms with E-state index in [1.165, 1.54) is 0 Å². The van der Waals surface area contributed by atoms with Gasteiger partial charge in [-0.2, -0.15) is 0 Å². The number of carboxylic acids is 1. The lowest BCUT2D eigenvalue weighted by Gasteiger charge is -2.22. The summed E-state index contributed by atoms with van der Waals surface area (Å²) in [7, 11) is 0. The standard InChI is InChI=1S/C13H19NO3/c1-2-14(12-6-4-3-5-7-12)9-11-17-10-8-13(15)16/h3-7H,2,8-11H2,1H3,(H,15,16). The maximum atomic E-state index is 10.3. The first-order chi connectivity index (χ1) is 8.24. The lowest BCUT2D eigenvalue weighted by Crippen LogP contribution is -2.27. The number of hydrogen-bond acceptors (Lipinski definition) is 3. The summed E-state index contributed by atoms with van der Waals surface area (Å²) in [6.07, 6.45) is 0.0669. The van der Waals surface area contributed by atoms with Crippen LogP contribution in [0.1, 0.15) is 13.3 Å². The molecule has 0 fully saturated rings. The van der Waals surface area contributed by atoms with E-state index in [0.717, 1.165) is 18.8 Å². The SMILES string of the molecule is CCN(CCOCCC(=O)O)c1ccccc1. The zero-order valence-corrected chi connectivity index (χ0v) is 10.1. The van der Waals surface area contributed by atoms with Crippen LogP contribution in [0.4, 0.5) is 5.69 Å². The van der Waals surface area contributed by atoms with Crippen LogP contribution in [0.25, 0.3) is 0 Å². The molecule has 0 bridgehead atoms. The highest BCUT2D eigenvalue weighted by Crippen LogP contribution is 2.11. The van der Waals surface area contributed by atoms with Gasteiger partial charge in [0.2, 0.25) is 0 Å². The fourth-order valence-corrected chi connectivity index (χ4v) is 1.54. The molecule has 0 spiro atoms. The zero-order valence-electron chi connectivity index (χ0n) is 10.1. The normalized spacial score (nSPS) is 10.2. The molecule has 4 heteroatoms. The Morgan fingerprint density at radius 1 is 1.29 bits per heavy atom. The molecule has 0 aliphatic heterocycles. The fourth-order valence-electron chi connectivity index (χ4n) is 1.54. The molecule has 1 aromatic rings. The second-order valence-electron chi connectivity index (χ2n) is 3.67. The van der Waals surface area contributed by atoms with Crippen molar-refractivity contribution >= 4 is 11.7 Å². The minimum atomic E-state index is -0.819. The van der Waals surface area contributed by atoms with Gasteiger partial charge >= 0.3 is 5.97 Å². The molecule has 0 heterocycles. The van der Waals surface area contributed by atoms with E-state index in [1.54, 1.807) is 0 Å². The van der Waals surface area contributed by atoms with Crippen LogP contribution in [0, 0.1) is 0 Å². The molecule has 1 aromatic carbocycles. The summed E-state index contributed by atoms with van der Waals surface area (Å²) in [5.74, 6) is -0.819. The smallest absolute Gasteiger partial charge is 0.305 e. The van der Waals surface area contributed by atoms with Crippen molar-refractivity contribution in [3.63, 3.8) is 0 Å². The van der Waals surface area contributed by atoms with Crippen LogP contribution in [0.5, 0.6) is 0 Å². The van der Waals surface area contributed by atoms with Crippen molar-refractivity contribution in [1.82, 2.24) is 0 Å². The molecule has 4 nitrogen and oxygen atoms in total. The number of carboxylic acid groups (broad SMARTS) is 1. The number of carbonyl (C=O) groups is 1. The predicted octanol–water partition coefficient (Wildman–Crippen LogP) is 2.00. The third-order valence-corrected chi connectivity index (χ3v) is 2.47. The number of likely N-dealkylation sites (N-methyl/N-ethyl adjacent to an activating group) is 1. The van der Waals surface area contributed by atoms with Crippen molar-refractivity contribution < 1.29 is 14.6 Å². The van der Waals surface area contributed by atoms with E-state index in [1.807, 2.05) is 18.2 Å². The molecule has 0 unspecified atom stereocenters. The Bertz CT molecular complexity index is 327. The lowest BCUT2D eigenvalue weighted by atomic mass is 10.3. The van der Waals surface area contributed by atoms with Crippen molar-refractivity contribution in [3.8, 4) is 0 Å². The molecule has 1 N–H and O–H groups in total. The summed E-state index contributed by atoms with van der Waals surface area (Å²) in [6, 6.07) is 10.1. The highest BCUT2D eigenvalue weighted by Gasteiger charge is 2.03. The number of benzene rings is 1. The molecule has 0 aliphatic carbocycles. The number of para-hydroxylation sites is 1. The quantitative estimate of drug-likeness (QED) is 0.703. The van der Waals surface area contributed by atoms with Gasteiger partial charge in [-0.25, -0.2) is 0 Å². The van der Waals surface area contributed by atoms with Gasteiger partial charge in [0, 0.05) is 18.8 Å². The lowest BCUT2D eigenvalue weighted by molar-refractivity contribution is -0.138. The highest BCUT2D eigenvalue weighted by atomic mass is 16.5. The summed E-state index contributed by atoms with van der Waals surface area (Å²) in [6.45, 7) is 4.61. The van der Waals surface area contributed by atoms with E-state index in [4.69, 9.17) is 9.84 Å². The second-order valence-corrected chi connectivity index (χ2v) is 3.67. The number of rotatable bonds is 8. The number of hydrogen-bond donors (Lipinski definition) is 1. The molecule has 0 aromatic heterocycles. The van der Waals surface area contributed by atoms with Crippen LogP contribution >= 0.6 is 0 Å². The van der Waals surface area contributed by atoms with Crippen molar-refractivity contribution in [1.29, 1.82) is 0 Å². The molecule has 0 saturated heterocycles. The molecule has 1 rings (SSSR count). The van der Waals surface area contributed by atoms with E-state index in [-0.39, 0.29) is 13.0 Å². The summed E-state index contributed by atoms with van der Waals surface area (Å²) in [5.41, 5.74) is 1.16. The van der Waals surface area contributed by atoms with Gasteiger partial charge in [0.25, 0.3) is 0 Å². The van der Waals surface area contributed by atoms with Crippen LogP contribution in [0.3, 0.4) is 0 Å². The fraction of sp³-hybridized carbons (Fsp3) is 0.462. The maximum Gasteiger partial charge on any atom is 0.305 e. The number of anilines is 1. The first-order valence-electron chi connectivity index (χ1n) is 5.83. The van der Waals surface area contributed by atoms with Crippen molar-refractivity contribution in [2.45, 2.75) is 13.3 Å². The Kier molecular flexibility index (Phi) is 6.10. The van der Waals surface area contributed by atoms with Gasteiger partial charge in [0.05, 0.1) is 19.6 Å². The summed E-state index contributed by atoms with van der Waals surface area (Å²) >= 11 is 0. The van der Waals surface area contributed by atoms with Gasteiger partial charge < -0.3 is 14.7 Å². The van der Waals surface area contributed by atoms with Crippen LogP contribution in [-0.2, 0) is 9.53 Å². The van der Waals surface area contributed by atoms with Crippen molar-refractivity contribution in [2.24, 2.45) is 0 Å². The van der Waals surface area contributed by atoms with E-state index in [9.17, 15) is 4.79 Å². The average molecular weight is 237 g/mol. The minimum Gasteiger partial charge on any atom is -0.481 e. The summed E-state index contributed by atoms with van der Waals surface area (Å²) in [4.78, 5) is 12.5. The first-order valence-corrected chi connectivity index (χ1v) is 5.83. The van der Waals surface area contributed by atoms with Gasteiger partial charge in [-0.15, -0.1) is 0 Å². The molecular weight excluding hydrogens is 218 g/mol. The Balaban J connectivity index is 2.26. The molecular formula is C13H19NO3. The maximum absolute atomic E-state index is 10.3. The zero-order chi connectivity index (χ0) is 12.5. The molecule has 0 amide bonds. The van der Waals surface area contributed by atoms with Gasteiger partial charge in [-0.05, 0) is 19.1 Å². The Morgan fingerprint density at radius 2 is 2.00 bits per heavy atom. The minimum absolute atomic E-state index is 0.0669. The van der Waals surface area contributed by atoms with E-state index >= 15 is 0 Å². The summed E-state index contributed by atoms with van der Waals surface area (Å²) < 4.78 is 5.28. The van der Waals surface area contributed by atoms with Gasteiger partial charge in [0.15, 0.2) is 0 Å². The molecule has 0 saturated carbocycles. The topological polar surface area (TPSA) is 49.8 Å². The van der Waals surface area contributed by atoms with Crippen molar-refractivity contribution in [3.05, 3.63) is 30.3 Å². The Labute approximate surface area is 102 Å². The molecule has 94 valence electrons. The van der Waals surface area contributed by atoms with Crippen molar-refractivity contribution in [2.75, 3.05) is 31.2 Å². The average Bonchev–Trinajstić information content (AvgIpc) is 2.34. The molecule has 0 aliphatic rings. The molecule has 0 atom stereocenters. The van der Waals surface area contributed by atoms with Crippen LogP contribution in [-0.4, -0.2) is 37.4 Å². The first kappa shape index (κ1) is 13.5. The van der Waals surface area contributed by atoms with E-state index in [2.05, 4.69) is 24.0 Å². The molecule has 0 radical (unpaired) electrons. The number of aliphatic carboxylic acids is 1. The highest BCUT2D eigenvalue weighted by molar-refractivity contribution is 5.66. The Morgan fingerprint density at radius 3 is 2.59 bits per heavy atom. The number of ether oxygens (including phenoxy) is 1. The van der Waals surface area contributed by atoms with E-state index in [0.29, 0.717) is 6.61 Å². The van der Waals surface area contributed by atoms with Crippen LogP contribution < -0.4 is 4.90 Å². The Hall–Kier alpha value is -1.55. The molecule has 17 heavy (non-hydrogen) atoms. The van der Waals surface area contributed by atoms with Crippen LogP contribution in [0.2, 0.25) is 0 Å². The predicted molar refractivity (Wildman–Crippen MR) is 67.4 cm³/mol. The summed E-state index contributed by atoms with van der Waals surface area (Å²) in [5, 5.41) is 8.46. The van der Waals surface area contributed by atoms with Crippen LogP contribution in [0.15, 0.2) is 30.3 Å².